The lowest BCUT2D eigenvalue weighted by Gasteiger charge is -2.22. The van der Waals surface area contributed by atoms with Crippen molar-refractivity contribution in [2.24, 2.45) is 0 Å². The maximum atomic E-state index is 12.5. The van der Waals surface area contributed by atoms with Gasteiger partial charge < -0.3 is 4.90 Å². The molecule has 2 aliphatic rings. The first kappa shape index (κ1) is 14.8. The molecule has 0 radical (unpaired) electrons. The number of nitrogens with one attached hydrogen (secondary N) is 1. The van der Waals surface area contributed by atoms with Crippen molar-refractivity contribution in [2.45, 2.75) is 23.9 Å². The van der Waals surface area contributed by atoms with Gasteiger partial charge in [-0.05, 0) is 12.0 Å². The van der Waals surface area contributed by atoms with Crippen LogP contribution in [-0.2, 0) is 11.2 Å². The van der Waals surface area contributed by atoms with Crippen molar-refractivity contribution >= 4 is 29.4 Å². The van der Waals surface area contributed by atoms with Gasteiger partial charge in [-0.25, -0.2) is 0 Å². The number of nitrogens with zero attached hydrogens (tertiary/aromatic N) is 2. The molecule has 1 aromatic carbocycles. The van der Waals surface area contributed by atoms with Gasteiger partial charge in [-0.3, -0.25) is 10.1 Å². The average molecular weight is 319 g/mol. The van der Waals surface area contributed by atoms with E-state index in [0.717, 1.165) is 17.9 Å². The molecule has 4 nitrogen and oxygen atoms in total. The molecular formula is C15H17N3OS2. The molecule has 2 saturated heterocycles. The first-order chi connectivity index (χ1) is 10.3. The van der Waals surface area contributed by atoms with Gasteiger partial charge in [0.05, 0.1) is 23.4 Å². The fourth-order valence-electron chi connectivity index (χ4n) is 2.59. The van der Waals surface area contributed by atoms with Crippen molar-refractivity contribution in [1.29, 1.82) is 5.26 Å². The van der Waals surface area contributed by atoms with Crippen molar-refractivity contribution in [1.82, 2.24) is 10.2 Å². The van der Waals surface area contributed by atoms with Gasteiger partial charge in [0.15, 0.2) is 0 Å². The highest BCUT2D eigenvalue weighted by Gasteiger charge is 2.37. The third-order valence-corrected chi connectivity index (χ3v) is 5.97. The van der Waals surface area contributed by atoms with Crippen molar-refractivity contribution in [3.05, 3.63) is 35.9 Å². The summed E-state index contributed by atoms with van der Waals surface area (Å²) in [6.07, 6.45) is 0.922. The normalized spacial score (nSPS) is 28.5. The van der Waals surface area contributed by atoms with Gasteiger partial charge in [0.1, 0.15) is 6.04 Å². The number of benzene rings is 1. The summed E-state index contributed by atoms with van der Waals surface area (Å²) < 4.78 is 0. The summed E-state index contributed by atoms with van der Waals surface area (Å²) in [5, 5.41) is 12.8. The van der Waals surface area contributed by atoms with Crippen LogP contribution in [-0.4, -0.2) is 45.6 Å². The van der Waals surface area contributed by atoms with Crippen molar-refractivity contribution < 1.29 is 4.79 Å². The third-order valence-electron chi connectivity index (χ3n) is 3.73. The average Bonchev–Trinajstić information content (AvgIpc) is 3.16. The molecule has 2 aliphatic heterocycles. The minimum Gasteiger partial charge on any atom is -0.315 e. The highest BCUT2D eigenvalue weighted by Crippen LogP contribution is 2.26. The molecule has 1 aromatic rings. The van der Waals surface area contributed by atoms with Gasteiger partial charge in [-0.15, -0.1) is 23.5 Å². The Morgan fingerprint density at radius 2 is 2.19 bits per heavy atom. The van der Waals surface area contributed by atoms with E-state index >= 15 is 0 Å². The Balaban J connectivity index is 1.57. The largest absolute Gasteiger partial charge is 0.315 e. The SMILES string of the molecule is N#C[C@@H]1CSCN1C(=O)[C@@H]1CSC(Cc2ccccc2)N1. The van der Waals surface area contributed by atoms with Crippen LogP contribution in [0.5, 0.6) is 0 Å². The first-order valence-electron chi connectivity index (χ1n) is 6.97. The van der Waals surface area contributed by atoms with E-state index in [4.69, 9.17) is 5.26 Å². The molecule has 1 N–H and O–H groups in total. The minimum absolute atomic E-state index is 0.0783. The predicted molar refractivity (Wildman–Crippen MR) is 86.9 cm³/mol. The lowest BCUT2D eigenvalue weighted by atomic mass is 10.1. The maximum Gasteiger partial charge on any atom is 0.242 e. The molecule has 0 saturated carbocycles. The zero-order chi connectivity index (χ0) is 14.7. The standard InChI is InChI=1S/C15H17N3OS2/c16-7-12-8-20-10-18(12)15(19)13-9-21-14(17-13)6-11-4-2-1-3-5-11/h1-5,12-14,17H,6,8-10H2/t12-,13+,14?/m1/s1. The lowest BCUT2D eigenvalue weighted by Crippen LogP contribution is -2.48. The molecule has 2 fully saturated rings. The number of hydrogen-bond acceptors (Lipinski definition) is 5. The summed E-state index contributed by atoms with van der Waals surface area (Å²) in [6.45, 7) is 0. The Hall–Kier alpha value is -1.16. The van der Waals surface area contributed by atoms with Crippen LogP contribution in [0.2, 0.25) is 0 Å². The maximum absolute atomic E-state index is 12.5. The lowest BCUT2D eigenvalue weighted by molar-refractivity contribution is -0.132. The number of carbonyl (C=O) groups excluding carboxylic acids is 1. The van der Waals surface area contributed by atoms with Crippen LogP contribution in [0.3, 0.4) is 0 Å². The number of hydrogen-bond donors (Lipinski definition) is 1. The number of nitriles is 1. The van der Waals surface area contributed by atoms with E-state index in [-0.39, 0.29) is 23.4 Å². The van der Waals surface area contributed by atoms with E-state index in [9.17, 15) is 4.79 Å². The van der Waals surface area contributed by atoms with E-state index in [1.165, 1.54) is 5.56 Å². The molecule has 110 valence electrons. The second kappa shape index (κ2) is 6.73. The van der Waals surface area contributed by atoms with Gasteiger partial charge in [0, 0.05) is 11.5 Å². The Morgan fingerprint density at radius 1 is 1.38 bits per heavy atom. The molecule has 0 bridgehead atoms. The topological polar surface area (TPSA) is 56.1 Å². The monoisotopic (exact) mass is 319 g/mol. The molecule has 3 rings (SSSR count). The summed E-state index contributed by atoms with van der Waals surface area (Å²) in [6, 6.07) is 12.1. The van der Waals surface area contributed by atoms with Gasteiger partial charge in [0.2, 0.25) is 5.91 Å². The van der Waals surface area contributed by atoms with E-state index in [2.05, 4.69) is 23.5 Å². The Labute approximate surface area is 133 Å². The third kappa shape index (κ3) is 3.37. The Bertz CT molecular complexity index is 546. The number of carbonyl (C=O) groups is 1. The summed E-state index contributed by atoms with van der Waals surface area (Å²) in [5.41, 5.74) is 1.28. The van der Waals surface area contributed by atoms with Crippen LogP contribution in [0.4, 0.5) is 0 Å². The zero-order valence-electron chi connectivity index (χ0n) is 11.6. The summed E-state index contributed by atoms with van der Waals surface area (Å²) >= 11 is 3.45. The number of thioether (sulfide) groups is 2. The molecule has 1 unspecified atom stereocenters. The Morgan fingerprint density at radius 3 is 2.95 bits per heavy atom. The molecule has 21 heavy (non-hydrogen) atoms. The molecule has 0 aromatic heterocycles. The molecule has 0 spiro atoms. The fraction of sp³-hybridized carbons (Fsp3) is 0.467. The van der Waals surface area contributed by atoms with Crippen LogP contribution in [0, 0.1) is 11.3 Å². The first-order valence-corrected chi connectivity index (χ1v) is 9.17. The molecule has 3 atom stereocenters. The summed E-state index contributed by atoms with van der Waals surface area (Å²) in [5.74, 6) is 2.24. The van der Waals surface area contributed by atoms with Crippen molar-refractivity contribution in [2.75, 3.05) is 17.4 Å². The smallest absolute Gasteiger partial charge is 0.242 e. The second-order valence-electron chi connectivity index (χ2n) is 5.18. The minimum atomic E-state index is -0.262. The van der Waals surface area contributed by atoms with Crippen LogP contribution < -0.4 is 5.32 Å². The molecule has 2 heterocycles. The van der Waals surface area contributed by atoms with Gasteiger partial charge >= 0.3 is 0 Å². The molecular weight excluding hydrogens is 302 g/mol. The predicted octanol–water partition coefficient (Wildman–Crippen LogP) is 1.69. The molecule has 1 amide bonds. The number of rotatable bonds is 3. The van der Waals surface area contributed by atoms with Gasteiger partial charge in [-0.2, -0.15) is 5.26 Å². The van der Waals surface area contributed by atoms with E-state index in [1.54, 1.807) is 28.4 Å². The highest BCUT2D eigenvalue weighted by atomic mass is 32.2. The fourth-order valence-corrected chi connectivity index (χ4v) is 4.91. The van der Waals surface area contributed by atoms with Crippen molar-refractivity contribution in [3.63, 3.8) is 0 Å². The van der Waals surface area contributed by atoms with Gasteiger partial charge in [-0.1, -0.05) is 30.3 Å². The highest BCUT2D eigenvalue weighted by molar-refractivity contribution is 8.00. The molecule has 6 heteroatoms. The van der Waals surface area contributed by atoms with Crippen LogP contribution in [0.1, 0.15) is 5.56 Å². The van der Waals surface area contributed by atoms with E-state index < -0.39 is 0 Å². The van der Waals surface area contributed by atoms with Crippen LogP contribution >= 0.6 is 23.5 Å². The van der Waals surface area contributed by atoms with E-state index in [1.807, 2.05) is 18.2 Å². The Kier molecular flexibility index (Phi) is 4.73. The van der Waals surface area contributed by atoms with Crippen LogP contribution in [0.15, 0.2) is 30.3 Å². The van der Waals surface area contributed by atoms with Gasteiger partial charge in [0.25, 0.3) is 0 Å². The summed E-state index contributed by atoms with van der Waals surface area (Å²) in [7, 11) is 0. The van der Waals surface area contributed by atoms with E-state index in [0.29, 0.717) is 5.88 Å². The number of amides is 1. The van der Waals surface area contributed by atoms with Crippen molar-refractivity contribution in [3.8, 4) is 6.07 Å². The molecule has 0 aliphatic carbocycles. The quantitative estimate of drug-likeness (QED) is 0.919. The van der Waals surface area contributed by atoms with Crippen LogP contribution in [0.25, 0.3) is 0 Å². The second-order valence-corrected chi connectivity index (χ2v) is 7.42. The summed E-state index contributed by atoms with van der Waals surface area (Å²) in [4.78, 5) is 14.2. The zero-order valence-corrected chi connectivity index (χ0v) is 13.2.